The summed E-state index contributed by atoms with van der Waals surface area (Å²) in [7, 11) is 0. The number of hydrogen-bond acceptors (Lipinski definition) is 6. The molecule has 3 aromatic carbocycles. The summed E-state index contributed by atoms with van der Waals surface area (Å²) in [6.45, 7) is 5.14. The standard InChI is InChI=1S/C31H28ClFN4O2S2/c32-25-8-7-23(33)18-22(25)20-37-26-19-21(6-9-27(26)41-28-10-17-40-29(28)31(37)39)30(38)34-11-12-35-13-15-36(16-14-35)24-4-2-1-3-5-24/h1-10,17-19H,11-16,20H2,(H,34,38). The van der Waals surface area contributed by atoms with Gasteiger partial charge in [-0.05, 0) is 65.5 Å². The number of hydrogen-bond donors (Lipinski definition) is 1. The van der Waals surface area contributed by atoms with Crippen LogP contribution in [-0.2, 0) is 6.54 Å². The number of anilines is 2. The Balaban J connectivity index is 1.14. The van der Waals surface area contributed by atoms with E-state index in [4.69, 9.17) is 11.6 Å². The lowest BCUT2D eigenvalue weighted by molar-refractivity contribution is 0.0944. The maximum absolute atomic E-state index is 14.1. The lowest BCUT2D eigenvalue weighted by atomic mass is 10.1. The number of thiophene rings is 1. The lowest BCUT2D eigenvalue weighted by Gasteiger charge is -2.36. The number of carbonyl (C=O) groups excluding carboxylic acids is 2. The molecule has 0 unspecified atom stereocenters. The van der Waals surface area contributed by atoms with E-state index in [9.17, 15) is 14.0 Å². The summed E-state index contributed by atoms with van der Waals surface area (Å²) in [6.07, 6.45) is 0. The molecule has 6 rings (SSSR count). The van der Waals surface area contributed by atoms with Crippen molar-refractivity contribution in [3.63, 3.8) is 0 Å². The van der Waals surface area contributed by atoms with Crippen LogP contribution in [0.15, 0.2) is 88.0 Å². The van der Waals surface area contributed by atoms with Gasteiger partial charge in [0.05, 0.1) is 12.2 Å². The normalized spacial score (nSPS) is 15.3. The fourth-order valence-corrected chi connectivity index (χ4v) is 7.36. The van der Waals surface area contributed by atoms with Gasteiger partial charge in [0.15, 0.2) is 0 Å². The number of halogens is 2. The summed E-state index contributed by atoms with van der Waals surface area (Å²) in [5.74, 6) is -0.822. The maximum atomic E-state index is 14.1. The molecule has 10 heteroatoms. The second kappa shape index (κ2) is 12.2. The van der Waals surface area contributed by atoms with Gasteiger partial charge in [0, 0.05) is 65.3 Å². The number of rotatable bonds is 7. The summed E-state index contributed by atoms with van der Waals surface area (Å²) < 4.78 is 14.1. The number of para-hydroxylation sites is 1. The second-order valence-corrected chi connectivity index (χ2v) is 12.4. The summed E-state index contributed by atoms with van der Waals surface area (Å²) in [6, 6.07) is 21.9. The van der Waals surface area contributed by atoms with Crippen molar-refractivity contribution in [1.82, 2.24) is 10.2 Å². The molecule has 0 aliphatic carbocycles. The molecule has 1 N–H and O–H groups in total. The van der Waals surface area contributed by atoms with E-state index in [1.807, 2.05) is 23.6 Å². The SMILES string of the molecule is O=C(NCCN1CCN(c2ccccc2)CC1)c1ccc2c(c1)N(Cc1cc(F)ccc1Cl)C(=O)c1sccc1S2. The van der Waals surface area contributed by atoms with Gasteiger partial charge in [0.25, 0.3) is 11.8 Å². The van der Waals surface area contributed by atoms with Crippen LogP contribution in [0.4, 0.5) is 15.8 Å². The minimum atomic E-state index is -0.423. The third-order valence-corrected chi connectivity index (χ3v) is 9.87. The molecule has 1 saturated heterocycles. The molecule has 41 heavy (non-hydrogen) atoms. The van der Waals surface area contributed by atoms with E-state index < -0.39 is 5.82 Å². The third kappa shape index (κ3) is 6.13. The van der Waals surface area contributed by atoms with Crippen LogP contribution >= 0.6 is 34.7 Å². The topological polar surface area (TPSA) is 55.9 Å². The highest BCUT2D eigenvalue weighted by Crippen LogP contribution is 2.44. The van der Waals surface area contributed by atoms with Crippen molar-refractivity contribution in [2.75, 3.05) is 49.1 Å². The molecule has 0 spiro atoms. The van der Waals surface area contributed by atoms with Crippen LogP contribution in [0, 0.1) is 5.82 Å². The predicted octanol–water partition coefficient (Wildman–Crippen LogP) is 6.40. The molecule has 1 fully saturated rings. The molecule has 2 amide bonds. The van der Waals surface area contributed by atoms with Gasteiger partial charge in [-0.2, -0.15) is 0 Å². The van der Waals surface area contributed by atoms with Gasteiger partial charge in [0.1, 0.15) is 10.7 Å². The molecular weight excluding hydrogens is 579 g/mol. The van der Waals surface area contributed by atoms with Gasteiger partial charge in [-0.15, -0.1) is 11.3 Å². The quantitative estimate of drug-likeness (QED) is 0.264. The molecule has 2 aliphatic rings. The van der Waals surface area contributed by atoms with Crippen LogP contribution in [0.3, 0.4) is 0 Å². The van der Waals surface area contributed by atoms with Gasteiger partial charge in [-0.25, -0.2) is 4.39 Å². The number of nitrogens with zero attached hydrogens (tertiary/aromatic N) is 3. The van der Waals surface area contributed by atoms with Crippen molar-refractivity contribution in [3.05, 3.63) is 105 Å². The largest absolute Gasteiger partial charge is 0.369 e. The van der Waals surface area contributed by atoms with E-state index in [2.05, 4.69) is 39.4 Å². The fraction of sp³-hybridized carbons (Fsp3) is 0.226. The maximum Gasteiger partial charge on any atom is 0.269 e. The van der Waals surface area contributed by atoms with Crippen LogP contribution in [0.1, 0.15) is 25.6 Å². The summed E-state index contributed by atoms with van der Waals surface area (Å²) in [5.41, 5.74) is 2.81. The first-order valence-electron chi connectivity index (χ1n) is 13.4. The highest BCUT2D eigenvalue weighted by molar-refractivity contribution is 7.99. The van der Waals surface area contributed by atoms with Crippen molar-refractivity contribution < 1.29 is 14.0 Å². The van der Waals surface area contributed by atoms with Crippen molar-refractivity contribution in [1.29, 1.82) is 0 Å². The Morgan fingerprint density at radius 2 is 1.76 bits per heavy atom. The molecule has 0 radical (unpaired) electrons. The molecule has 6 nitrogen and oxygen atoms in total. The molecule has 1 aromatic heterocycles. The highest BCUT2D eigenvalue weighted by atomic mass is 35.5. The predicted molar refractivity (Wildman–Crippen MR) is 164 cm³/mol. The monoisotopic (exact) mass is 606 g/mol. The molecule has 3 heterocycles. The average molecular weight is 607 g/mol. The van der Waals surface area contributed by atoms with E-state index in [-0.39, 0.29) is 18.4 Å². The Kier molecular flexibility index (Phi) is 8.30. The number of carbonyl (C=O) groups is 2. The summed E-state index contributed by atoms with van der Waals surface area (Å²) >= 11 is 9.23. The second-order valence-electron chi connectivity index (χ2n) is 9.95. The van der Waals surface area contributed by atoms with Crippen molar-refractivity contribution in [3.8, 4) is 0 Å². The summed E-state index contributed by atoms with van der Waals surface area (Å²) in [4.78, 5) is 35.5. The summed E-state index contributed by atoms with van der Waals surface area (Å²) in [5, 5.41) is 5.31. The van der Waals surface area contributed by atoms with Crippen molar-refractivity contribution >= 4 is 57.9 Å². The first-order chi connectivity index (χ1) is 20.0. The Bertz CT molecular complexity index is 1570. The van der Waals surface area contributed by atoms with Crippen LogP contribution in [0.2, 0.25) is 5.02 Å². The molecule has 210 valence electrons. The average Bonchev–Trinajstić information content (AvgIpc) is 3.42. The van der Waals surface area contributed by atoms with Gasteiger partial charge >= 0.3 is 0 Å². The van der Waals surface area contributed by atoms with Gasteiger partial charge in [0.2, 0.25) is 0 Å². The Hall–Kier alpha value is -3.37. The Labute approximate surface area is 251 Å². The minimum absolute atomic E-state index is 0.0837. The number of fused-ring (bicyclic) bond motifs is 2. The zero-order valence-corrected chi connectivity index (χ0v) is 24.6. The van der Waals surface area contributed by atoms with E-state index >= 15 is 0 Å². The van der Waals surface area contributed by atoms with Gasteiger partial charge in [-0.1, -0.05) is 41.6 Å². The van der Waals surface area contributed by atoms with E-state index in [1.54, 1.807) is 17.0 Å². The first kappa shape index (κ1) is 27.8. The Morgan fingerprint density at radius 3 is 2.56 bits per heavy atom. The van der Waals surface area contributed by atoms with Crippen LogP contribution in [0.5, 0.6) is 0 Å². The molecule has 4 aromatic rings. The zero-order valence-electron chi connectivity index (χ0n) is 22.2. The van der Waals surface area contributed by atoms with Crippen LogP contribution < -0.4 is 15.1 Å². The molecule has 2 aliphatic heterocycles. The zero-order chi connectivity index (χ0) is 28.3. The van der Waals surface area contributed by atoms with Crippen molar-refractivity contribution in [2.24, 2.45) is 0 Å². The fourth-order valence-electron chi connectivity index (χ4n) is 5.13. The number of piperazine rings is 1. The number of benzene rings is 3. The highest BCUT2D eigenvalue weighted by Gasteiger charge is 2.30. The third-order valence-electron chi connectivity index (χ3n) is 7.34. The molecule has 0 atom stereocenters. The van der Waals surface area contributed by atoms with Gasteiger partial charge in [-0.3, -0.25) is 14.5 Å². The van der Waals surface area contributed by atoms with E-state index in [0.29, 0.717) is 33.3 Å². The minimum Gasteiger partial charge on any atom is -0.369 e. The molecule has 0 bridgehead atoms. The van der Waals surface area contributed by atoms with Gasteiger partial charge < -0.3 is 15.1 Å². The van der Waals surface area contributed by atoms with E-state index in [0.717, 1.165) is 42.5 Å². The van der Waals surface area contributed by atoms with Crippen molar-refractivity contribution in [2.45, 2.75) is 16.3 Å². The van der Waals surface area contributed by atoms with Crippen LogP contribution in [0.25, 0.3) is 0 Å². The molecular formula is C31H28ClFN4O2S2. The molecule has 0 saturated carbocycles. The van der Waals surface area contributed by atoms with E-state index in [1.165, 1.54) is 47.0 Å². The smallest absolute Gasteiger partial charge is 0.269 e. The number of amides is 2. The first-order valence-corrected chi connectivity index (χ1v) is 15.5. The number of nitrogens with one attached hydrogen (secondary N) is 1. The van der Waals surface area contributed by atoms with Crippen LogP contribution in [-0.4, -0.2) is 56.0 Å². The Morgan fingerprint density at radius 1 is 0.951 bits per heavy atom. The lowest BCUT2D eigenvalue weighted by Crippen LogP contribution is -2.48.